The van der Waals surface area contributed by atoms with E-state index in [1.54, 1.807) is 12.1 Å². The number of unbranched alkanes of at least 4 members (excludes halogenated alkanes) is 17. The van der Waals surface area contributed by atoms with Crippen molar-refractivity contribution in [2.75, 3.05) is 6.54 Å². The van der Waals surface area contributed by atoms with Crippen molar-refractivity contribution in [3.8, 4) is 0 Å². The summed E-state index contributed by atoms with van der Waals surface area (Å²) < 4.78 is 28.9. The van der Waals surface area contributed by atoms with Crippen LogP contribution in [0.5, 0.6) is 0 Å². The molecule has 32 heavy (non-hydrogen) atoms. The predicted molar refractivity (Wildman–Crippen MR) is 146 cm³/mol. The third-order valence-corrected chi connectivity index (χ3v) is 8.32. The van der Waals surface area contributed by atoms with Gasteiger partial charge in [0.05, 0.1) is 4.90 Å². The summed E-state index contributed by atoms with van der Waals surface area (Å²) in [4.78, 5) is 0.293. The standard InChI is InChI=1S/C26H45Br2NO2S/c1-2-3-4-5-6-7-8-9-10-11-12-13-14-15-16-17-18-19-20-29-32(30,31)26-22-24(27)21-25(28)23-26/h21-23,29H,2-20H2,1H3. The molecule has 3 nitrogen and oxygen atoms in total. The largest absolute Gasteiger partial charge is 0.240 e. The summed E-state index contributed by atoms with van der Waals surface area (Å²) in [5.74, 6) is 0. The maximum absolute atomic E-state index is 12.4. The van der Waals surface area contributed by atoms with Crippen molar-refractivity contribution < 1.29 is 8.42 Å². The van der Waals surface area contributed by atoms with Gasteiger partial charge >= 0.3 is 0 Å². The van der Waals surface area contributed by atoms with E-state index in [0.29, 0.717) is 11.4 Å². The van der Waals surface area contributed by atoms with Crippen molar-refractivity contribution in [2.45, 2.75) is 127 Å². The molecule has 1 aromatic carbocycles. The summed E-state index contributed by atoms with van der Waals surface area (Å²) in [7, 11) is -3.44. The highest BCUT2D eigenvalue weighted by atomic mass is 79.9. The van der Waals surface area contributed by atoms with Gasteiger partial charge in [-0.25, -0.2) is 13.1 Å². The van der Waals surface area contributed by atoms with E-state index in [1.165, 1.54) is 103 Å². The molecule has 0 unspecified atom stereocenters. The third kappa shape index (κ3) is 15.8. The lowest BCUT2D eigenvalue weighted by molar-refractivity contribution is 0.524. The molecule has 1 rings (SSSR count). The van der Waals surface area contributed by atoms with Gasteiger partial charge in [0.1, 0.15) is 0 Å². The molecule has 1 N–H and O–H groups in total. The first-order chi connectivity index (χ1) is 15.5. The van der Waals surface area contributed by atoms with Gasteiger partial charge in [-0.15, -0.1) is 0 Å². The van der Waals surface area contributed by atoms with E-state index >= 15 is 0 Å². The summed E-state index contributed by atoms with van der Waals surface area (Å²) in [6.07, 6.45) is 24.1. The fourth-order valence-electron chi connectivity index (χ4n) is 4.00. The zero-order valence-electron chi connectivity index (χ0n) is 20.1. The van der Waals surface area contributed by atoms with E-state index in [0.717, 1.165) is 21.8 Å². The minimum atomic E-state index is -3.44. The van der Waals surface area contributed by atoms with Crippen LogP contribution >= 0.6 is 31.9 Å². The quantitative estimate of drug-likeness (QED) is 0.144. The highest BCUT2D eigenvalue weighted by molar-refractivity contribution is 9.11. The van der Waals surface area contributed by atoms with Crippen molar-refractivity contribution in [1.29, 1.82) is 0 Å². The molecule has 0 saturated heterocycles. The lowest BCUT2D eigenvalue weighted by Gasteiger charge is -2.08. The molecule has 0 fully saturated rings. The van der Waals surface area contributed by atoms with Gasteiger partial charge in [-0.05, 0) is 24.6 Å². The van der Waals surface area contributed by atoms with E-state index in [-0.39, 0.29) is 0 Å². The first-order valence-corrected chi connectivity index (χ1v) is 16.0. The molecule has 0 aliphatic carbocycles. The van der Waals surface area contributed by atoms with Crippen LogP contribution in [0.2, 0.25) is 0 Å². The lowest BCUT2D eigenvalue weighted by Crippen LogP contribution is -2.24. The number of hydrogen-bond donors (Lipinski definition) is 1. The van der Waals surface area contributed by atoms with Crippen LogP contribution in [0.1, 0.15) is 122 Å². The van der Waals surface area contributed by atoms with Gasteiger partial charge in [-0.3, -0.25) is 0 Å². The number of halogens is 2. The summed E-state index contributed by atoms with van der Waals surface area (Å²) in [5.41, 5.74) is 0. The van der Waals surface area contributed by atoms with Gasteiger partial charge in [0.15, 0.2) is 0 Å². The molecule has 0 heterocycles. The topological polar surface area (TPSA) is 46.2 Å². The Kier molecular flexibility index (Phi) is 18.3. The molecule has 1 aromatic rings. The molecule has 0 amide bonds. The second kappa shape index (κ2) is 19.4. The minimum Gasteiger partial charge on any atom is -0.211 e. The van der Waals surface area contributed by atoms with Gasteiger partial charge < -0.3 is 0 Å². The molecule has 0 saturated carbocycles. The molecular weight excluding hydrogens is 550 g/mol. The molecule has 0 atom stereocenters. The third-order valence-electron chi connectivity index (χ3n) is 5.97. The van der Waals surface area contributed by atoms with Crippen LogP contribution < -0.4 is 4.72 Å². The van der Waals surface area contributed by atoms with Crippen LogP contribution in [-0.4, -0.2) is 15.0 Å². The zero-order valence-corrected chi connectivity index (χ0v) is 24.1. The van der Waals surface area contributed by atoms with Gasteiger partial charge in [-0.2, -0.15) is 0 Å². The van der Waals surface area contributed by atoms with E-state index in [2.05, 4.69) is 43.5 Å². The number of benzene rings is 1. The fourth-order valence-corrected chi connectivity index (χ4v) is 6.74. The van der Waals surface area contributed by atoms with Gasteiger partial charge in [0.25, 0.3) is 0 Å². The van der Waals surface area contributed by atoms with E-state index < -0.39 is 10.0 Å². The molecule has 186 valence electrons. The van der Waals surface area contributed by atoms with Crippen molar-refractivity contribution in [3.05, 3.63) is 27.1 Å². The Hall–Kier alpha value is 0.0900. The Morgan fingerprint density at radius 1 is 0.594 bits per heavy atom. The Bertz CT molecular complexity index is 675. The number of rotatable bonds is 21. The molecule has 0 bridgehead atoms. The van der Waals surface area contributed by atoms with Crippen LogP contribution in [0.15, 0.2) is 32.0 Å². The first-order valence-electron chi connectivity index (χ1n) is 12.9. The molecule has 0 aliphatic heterocycles. The van der Waals surface area contributed by atoms with Crippen LogP contribution in [0.4, 0.5) is 0 Å². The molecule has 0 radical (unpaired) electrons. The lowest BCUT2D eigenvalue weighted by atomic mass is 10.0. The van der Waals surface area contributed by atoms with Crippen LogP contribution in [0.25, 0.3) is 0 Å². The molecule has 0 aromatic heterocycles. The average molecular weight is 596 g/mol. The van der Waals surface area contributed by atoms with Crippen molar-refractivity contribution >= 4 is 41.9 Å². The summed E-state index contributed by atoms with van der Waals surface area (Å²) in [5, 5.41) is 0. The van der Waals surface area contributed by atoms with E-state index in [4.69, 9.17) is 0 Å². The SMILES string of the molecule is CCCCCCCCCCCCCCCCCCCCNS(=O)(=O)c1cc(Br)cc(Br)c1. The molecule has 0 aliphatic rings. The summed E-state index contributed by atoms with van der Waals surface area (Å²) in [6.45, 7) is 2.78. The minimum absolute atomic E-state index is 0.293. The maximum Gasteiger partial charge on any atom is 0.240 e. The molecule has 0 spiro atoms. The van der Waals surface area contributed by atoms with Crippen molar-refractivity contribution in [1.82, 2.24) is 4.72 Å². The van der Waals surface area contributed by atoms with Crippen molar-refractivity contribution in [3.63, 3.8) is 0 Å². The summed E-state index contributed by atoms with van der Waals surface area (Å²) >= 11 is 6.68. The highest BCUT2D eigenvalue weighted by Gasteiger charge is 2.14. The second-order valence-corrected chi connectivity index (χ2v) is 12.6. The average Bonchev–Trinajstić information content (AvgIpc) is 2.74. The molecular formula is C26H45Br2NO2S. The Morgan fingerprint density at radius 2 is 0.938 bits per heavy atom. The second-order valence-electron chi connectivity index (χ2n) is 9.01. The van der Waals surface area contributed by atoms with Crippen molar-refractivity contribution in [2.24, 2.45) is 0 Å². The highest BCUT2D eigenvalue weighted by Crippen LogP contribution is 2.23. The van der Waals surface area contributed by atoms with Crippen LogP contribution in [-0.2, 0) is 10.0 Å². The zero-order chi connectivity index (χ0) is 23.5. The van der Waals surface area contributed by atoms with Gasteiger partial charge in [-0.1, -0.05) is 148 Å². The van der Waals surface area contributed by atoms with E-state index in [9.17, 15) is 8.42 Å². The Morgan fingerprint density at radius 3 is 1.31 bits per heavy atom. The van der Waals surface area contributed by atoms with Crippen LogP contribution in [0, 0.1) is 0 Å². The smallest absolute Gasteiger partial charge is 0.211 e. The predicted octanol–water partition coefficient (Wildman–Crippen LogP) is 9.53. The number of nitrogens with one attached hydrogen (secondary N) is 1. The summed E-state index contributed by atoms with van der Waals surface area (Å²) in [6, 6.07) is 5.09. The van der Waals surface area contributed by atoms with E-state index in [1.807, 2.05) is 6.07 Å². The first kappa shape index (κ1) is 30.1. The Balaban J connectivity index is 1.87. The van der Waals surface area contributed by atoms with Gasteiger partial charge in [0, 0.05) is 15.5 Å². The maximum atomic E-state index is 12.4. The fraction of sp³-hybridized carbons (Fsp3) is 0.769. The monoisotopic (exact) mass is 593 g/mol. The number of hydrogen-bond acceptors (Lipinski definition) is 2. The number of sulfonamides is 1. The van der Waals surface area contributed by atoms with Crippen LogP contribution in [0.3, 0.4) is 0 Å². The normalized spacial score (nSPS) is 11.8. The Labute approximate surface area is 215 Å². The van der Waals surface area contributed by atoms with Gasteiger partial charge in [0.2, 0.25) is 10.0 Å². The molecule has 6 heteroatoms.